The van der Waals surface area contributed by atoms with Gasteiger partial charge in [-0.15, -0.1) is 0 Å². The minimum absolute atomic E-state index is 0.0114. The lowest BCUT2D eigenvalue weighted by Gasteiger charge is -2.32. The van der Waals surface area contributed by atoms with Crippen LogP contribution in [0.2, 0.25) is 0 Å². The summed E-state index contributed by atoms with van der Waals surface area (Å²) in [5.41, 5.74) is 0. The summed E-state index contributed by atoms with van der Waals surface area (Å²) in [5, 5.41) is 9.42. The minimum Gasteiger partial charge on any atom is -0.508 e. The maximum Gasteiger partial charge on any atom is 0.241 e. The highest BCUT2D eigenvalue weighted by molar-refractivity contribution is 7.89. The fourth-order valence-corrected chi connectivity index (χ4v) is 4.65. The van der Waals surface area contributed by atoms with Crippen molar-refractivity contribution >= 4 is 10.0 Å². The zero-order chi connectivity index (χ0) is 14.2. The Labute approximate surface area is 119 Å². The largest absolute Gasteiger partial charge is 0.508 e. The van der Waals surface area contributed by atoms with Crippen molar-refractivity contribution in [3.05, 3.63) is 24.3 Å². The molecule has 2 heterocycles. The van der Waals surface area contributed by atoms with Crippen LogP contribution < -0.4 is 4.72 Å². The fraction of sp³-hybridized carbons (Fsp3) is 0.571. The number of hydrogen-bond acceptors (Lipinski definition) is 4. The molecule has 0 bridgehead atoms. The quantitative estimate of drug-likeness (QED) is 0.882. The molecule has 20 heavy (non-hydrogen) atoms. The molecule has 2 aliphatic rings. The highest BCUT2D eigenvalue weighted by Gasteiger charge is 2.37. The van der Waals surface area contributed by atoms with Gasteiger partial charge in [-0.3, -0.25) is 4.90 Å². The average Bonchev–Trinajstić information content (AvgIpc) is 2.82. The molecule has 0 saturated carbocycles. The topological polar surface area (TPSA) is 69.6 Å². The van der Waals surface area contributed by atoms with Gasteiger partial charge in [0.1, 0.15) is 5.75 Å². The predicted molar refractivity (Wildman–Crippen MR) is 76.0 cm³/mol. The molecular formula is C14H20N2O3S. The minimum atomic E-state index is -3.55. The van der Waals surface area contributed by atoms with E-state index in [1.165, 1.54) is 31.0 Å². The molecule has 0 radical (unpaired) electrons. The Kier molecular flexibility index (Phi) is 3.70. The van der Waals surface area contributed by atoms with Gasteiger partial charge in [0, 0.05) is 18.6 Å². The first-order valence-electron chi connectivity index (χ1n) is 7.12. The number of nitrogens with zero attached hydrogens (tertiary/aromatic N) is 1. The van der Waals surface area contributed by atoms with Crippen LogP contribution in [-0.4, -0.2) is 43.6 Å². The number of rotatable bonds is 3. The number of piperidine rings is 1. The van der Waals surface area contributed by atoms with Crippen molar-refractivity contribution in [2.75, 3.05) is 13.1 Å². The van der Waals surface area contributed by atoms with Gasteiger partial charge in [-0.1, -0.05) is 12.5 Å². The Balaban J connectivity index is 1.77. The monoisotopic (exact) mass is 296 g/mol. The van der Waals surface area contributed by atoms with E-state index in [0.717, 1.165) is 25.9 Å². The summed E-state index contributed by atoms with van der Waals surface area (Å²) in [6.07, 6.45) is 4.31. The molecule has 2 fully saturated rings. The molecule has 0 aliphatic carbocycles. The third kappa shape index (κ3) is 2.68. The molecule has 0 aromatic heterocycles. The lowest BCUT2D eigenvalue weighted by Crippen LogP contribution is -2.46. The molecule has 2 N–H and O–H groups in total. The van der Waals surface area contributed by atoms with Gasteiger partial charge in [0.05, 0.1) is 4.90 Å². The molecule has 1 aromatic carbocycles. The summed E-state index contributed by atoms with van der Waals surface area (Å²) in [7, 11) is -3.55. The van der Waals surface area contributed by atoms with E-state index in [2.05, 4.69) is 9.62 Å². The Morgan fingerprint density at radius 3 is 2.85 bits per heavy atom. The number of hydrogen-bond donors (Lipinski definition) is 2. The van der Waals surface area contributed by atoms with Crippen LogP contribution in [0.3, 0.4) is 0 Å². The molecule has 2 atom stereocenters. The van der Waals surface area contributed by atoms with Crippen LogP contribution in [0.25, 0.3) is 0 Å². The van der Waals surface area contributed by atoms with E-state index in [4.69, 9.17) is 0 Å². The molecule has 5 nitrogen and oxygen atoms in total. The second-order valence-corrected chi connectivity index (χ2v) is 7.33. The summed E-state index contributed by atoms with van der Waals surface area (Å²) in [6, 6.07) is 6.13. The van der Waals surface area contributed by atoms with Crippen molar-refractivity contribution in [2.45, 2.75) is 42.7 Å². The molecule has 0 spiro atoms. The van der Waals surface area contributed by atoms with Gasteiger partial charge >= 0.3 is 0 Å². The summed E-state index contributed by atoms with van der Waals surface area (Å²) >= 11 is 0. The van der Waals surface area contributed by atoms with Crippen molar-refractivity contribution in [3.63, 3.8) is 0 Å². The Morgan fingerprint density at radius 1 is 1.20 bits per heavy atom. The molecule has 1 aromatic rings. The molecule has 2 saturated heterocycles. The smallest absolute Gasteiger partial charge is 0.241 e. The zero-order valence-electron chi connectivity index (χ0n) is 11.3. The van der Waals surface area contributed by atoms with E-state index in [-0.39, 0.29) is 16.7 Å². The van der Waals surface area contributed by atoms with Crippen LogP contribution in [0.4, 0.5) is 0 Å². The fourth-order valence-electron chi connectivity index (χ4n) is 3.30. The molecule has 6 heteroatoms. The van der Waals surface area contributed by atoms with Crippen LogP contribution in [0.5, 0.6) is 5.75 Å². The van der Waals surface area contributed by atoms with Gasteiger partial charge in [-0.25, -0.2) is 13.1 Å². The SMILES string of the molecule is O=S(=O)(NC1CCN2CCCCC12)c1cccc(O)c1. The van der Waals surface area contributed by atoms with Gasteiger partial charge < -0.3 is 5.11 Å². The third-order valence-electron chi connectivity index (χ3n) is 4.29. The number of sulfonamides is 1. The maximum atomic E-state index is 12.4. The summed E-state index contributed by atoms with van der Waals surface area (Å²) in [5.74, 6) is -0.0291. The molecule has 0 amide bonds. The van der Waals surface area contributed by atoms with Crippen molar-refractivity contribution in [3.8, 4) is 5.75 Å². The van der Waals surface area contributed by atoms with E-state index in [1.807, 2.05) is 0 Å². The van der Waals surface area contributed by atoms with E-state index < -0.39 is 10.0 Å². The van der Waals surface area contributed by atoms with Crippen LogP contribution in [0.15, 0.2) is 29.2 Å². The second kappa shape index (κ2) is 5.35. The molecular weight excluding hydrogens is 276 g/mol. The Morgan fingerprint density at radius 2 is 2.05 bits per heavy atom. The van der Waals surface area contributed by atoms with Gasteiger partial charge in [0.15, 0.2) is 0 Å². The first-order valence-corrected chi connectivity index (χ1v) is 8.60. The van der Waals surface area contributed by atoms with Gasteiger partial charge in [-0.2, -0.15) is 0 Å². The predicted octanol–water partition coefficient (Wildman–Crippen LogP) is 1.30. The van der Waals surface area contributed by atoms with E-state index in [1.54, 1.807) is 6.07 Å². The van der Waals surface area contributed by atoms with Gasteiger partial charge in [0.2, 0.25) is 10.0 Å². The van der Waals surface area contributed by atoms with Gasteiger partial charge in [0.25, 0.3) is 0 Å². The highest BCUT2D eigenvalue weighted by atomic mass is 32.2. The maximum absolute atomic E-state index is 12.4. The zero-order valence-corrected chi connectivity index (χ0v) is 12.1. The first kappa shape index (κ1) is 13.9. The lowest BCUT2D eigenvalue weighted by atomic mass is 10.00. The Hall–Kier alpha value is -1.11. The number of aromatic hydroxyl groups is 1. The van der Waals surface area contributed by atoms with E-state index >= 15 is 0 Å². The lowest BCUT2D eigenvalue weighted by molar-refractivity contribution is 0.186. The number of phenols is 1. The average molecular weight is 296 g/mol. The molecule has 3 rings (SSSR count). The summed E-state index contributed by atoms with van der Waals surface area (Å²) in [6.45, 7) is 2.05. The number of nitrogens with one attached hydrogen (secondary N) is 1. The molecule has 110 valence electrons. The molecule has 2 unspecified atom stereocenters. The standard InChI is InChI=1S/C14H20N2O3S/c17-11-4-3-5-12(10-11)20(18,19)15-13-7-9-16-8-2-1-6-14(13)16/h3-5,10,13-15,17H,1-2,6-9H2. The van der Waals surface area contributed by atoms with Crippen LogP contribution >= 0.6 is 0 Å². The van der Waals surface area contributed by atoms with Crippen LogP contribution in [0, 0.1) is 0 Å². The van der Waals surface area contributed by atoms with Crippen molar-refractivity contribution < 1.29 is 13.5 Å². The number of fused-ring (bicyclic) bond motifs is 1. The van der Waals surface area contributed by atoms with Gasteiger partial charge in [-0.05, 0) is 44.0 Å². The third-order valence-corrected chi connectivity index (χ3v) is 5.78. The van der Waals surface area contributed by atoms with Crippen LogP contribution in [-0.2, 0) is 10.0 Å². The molecule has 2 aliphatic heterocycles. The van der Waals surface area contributed by atoms with Crippen molar-refractivity contribution in [2.24, 2.45) is 0 Å². The number of phenolic OH excluding ortho intramolecular Hbond substituents is 1. The highest BCUT2D eigenvalue weighted by Crippen LogP contribution is 2.28. The van der Waals surface area contributed by atoms with Crippen LogP contribution in [0.1, 0.15) is 25.7 Å². The summed E-state index contributed by atoms with van der Waals surface area (Å²) in [4.78, 5) is 2.52. The number of benzene rings is 1. The van der Waals surface area contributed by atoms with E-state index in [0.29, 0.717) is 6.04 Å². The Bertz CT molecular complexity index is 588. The normalized spacial score (nSPS) is 27.4. The summed E-state index contributed by atoms with van der Waals surface area (Å²) < 4.78 is 27.6. The van der Waals surface area contributed by atoms with E-state index in [9.17, 15) is 13.5 Å². The van der Waals surface area contributed by atoms with Crippen molar-refractivity contribution in [1.82, 2.24) is 9.62 Å². The first-order chi connectivity index (χ1) is 9.56. The van der Waals surface area contributed by atoms with Crippen molar-refractivity contribution in [1.29, 1.82) is 0 Å². The second-order valence-electron chi connectivity index (χ2n) is 5.61.